The highest BCUT2D eigenvalue weighted by Gasteiger charge is 2.06. The Hall–Kier alpha value is -3.06. The molecule has 0 spiro atoms. The van der Waals surface area contributed by atoms with Gasteiger partial charge in [0.25, 0.3) is 0 Å². The van der Waals surface area contributed by atoms with Gasteiger partial charge in [-0.25, -0.2) is 0 Å². The molecule has 1 heteroatoms. The van der Waals surface area contributed by atoms with E-state index in [0.29, 0.717) is 0 Å². The fourth-order valence-corrected chi connectivity index (χ4v) is 3.06. The van der Waals surface area contributed by atoms with Gasteiger partial charge in [0.15, 0.2) is 0 Å². The van der Waals surface area contributed by atoms with E-state index in [-0.39, 0.29) is 0 Å². The lowest BCUT2D eigenvalue weighted by atomic mass is 10.2. The standard InChI is InChI=1S/C23H19N/c1-3-9-19(10-4-1)15-16-22-17-21-13-7-8-14-23(21)24(22)18-20-11-5-2-6-12-20/h1-17H,18H2. The van der Waals surface area contributed by atoms with Gasteiger partial charge in [-0.2, -0.15) is 0 Å². The van der Waals surface area contributed by atoms with E-state index in [2.05, 4.69) is 102 Å². The summed E-state index contributed by atoms with van der Waals surface area (Å²) >= 11 is 0. The molecule has 3 aromatic carbocycles. The zero-order chi connectivity index (χ0) is 16.2. The van der Waals surface area contributed by atoms with Crippen LogP contribution in [-0.4, -0.2) is 4.57 Å². The van der Waals surface area contributed by atoms with Crippen molar-refractivity contribution < 1.29 is 0 Å². The Bertz CT molecular complexity index is 963. The van der Waals surface area contributed by atoms with Crippen molar-refractivity contribution in [2.45, 2.75) is 6.54 Å². The minimum Gasteiger partial charge on any atom is -0.336 e. The van der Waals surface area contributed by atoms with E-state index in [9.17, 15) is 0 Å². The molecule has 0 amide bonds. The fraction of sp³-hybridized carbons (Fsp3) is 0.0435. The highest BCUT2D eigenvalue weighted by Crippen LogP contribution is 2.23. The number of aromatic nitrogens is 1. The summed E-state index contributed by atoms with van der Waals surface area (Å²) in [7, 11) is 0. The minimum atomic E-state index is 0.878. The summed E-state index contributed by atoms with van der Waals surface area (Å²) in [4.78, 5) is 0. The molecule has 4 rings (SSSR count). The molecule has 0 atom stereocenters. The second-order valence-corrected chi connectivity index (χ2v) is 5.94. The lowest BCUT2D eigenvalue weighted by Crippen LogP contribution is -2.01. The normalized spacial score (nSPS) is 11.3. The van der Waals surface area contributed by atoms with Gasteiger partial charge >= 0.3 is 0 Å². The van der Waals surface area contributed by atoms with Gasteiger partial charge < -0.3 is 4.57 Å². The Morgan fingerprint density at radius 3 is 2.12 bits per heavy atom. The molecule has 4 aromatic rings. The van der Waals surface area contributed by atoms with E-state index in [1.54, 1.807) is 0 Å². The number of fused-ring (bicyclic) bond motifs is 1. The van der Waals surface area contributed by atoms with Crippen LogP contribution in [0, 0.1) is 0 Å². The third kappa shape index (κ3) is 3.02. The molecule has 0 N–H and O–H groups in total. The van der Waals surface area contributed by atoms with Crippen LogP contribution in [0.1, 0.15) is 16.8 Å². The molecule has 0 aliphatic carbocycles. The third-order valence-electron chi connectivity index (χ3n) is 4.27. The highest BCUT2D eigenvalue weighted by molar-refractivity contribution is 5.85. The van der Waals surface area contributed by atoms with Crippen LogP contribution in [0.4, 0.5) is 0 Å². The molecule has 24 heavy (non-hydrogen) atoms. The van der Waals surface area contributed by atoms with E-state index in [1.165, 1.54) is 27.7 Å². The first-order valence-corrected chi connectivity index (χ1v) is 8.25. The maximum absolute atomic E-state index is 2.38. The van der Waals surface area contributed by atoms with Gasteiger partial charge in [0, 0.05) is 23.1 Å². The molecule has 0 saturated carbocycles. The molecule has 0 aliphatic rings. The average molecular weight is 309 g/mol. The lowest BCUT2D eigenvalue weighted by molar-refractivity contribution is 0.828. The van der Waals surface area contributed by atoms with Crippen molar-refractivity contribution in [3.8, 4) is 0 Å². The first-order valence-electron chi connectivity index (χ1n) is 8.25. The van der Waals surface area contributed by atoms with E-state index in [1.807, 2.05) is 6.07 Å². The van der Waals surface area contributed by atoms with Crippen LogP contribution < -0.4 is 0 Å². The summed E-state index contributed by atoms with van der Waals surface area (Å²) in [5.74, 6) is 0. The zero-order valence-corrected chi connectivity index (χ0v) is 13.5. The van der Waals surface area contributed by atoms with Crippen LogP contribution in [-0.2, 0) is 6.54 Å². The summed E-state index contributed by atoms with van der Waals surface area (Å²) in [5.41, 5.74) is 5.03. The number of benzene rings is 3. The van der Waals surface area contributed by atoms with Crippen molar-refractivity contribution in [3.63, 3.8) is 0 Å². The quantitative estimate of drug-likeness (QED) is 0.445. The Morgan fingerprint density at radius 2 is 1.33 bits per heavy atom. The number of para-hydroxylation sites is 1. The van der Waals surface area contributed by atoms with Crippen molar-refractivity contribution in [1.29, 1.82) is 0 Å². The van der Waals surface area contributed by atoms with Crippen molar-refractivity contribution in [3.05, 3.63) is 108 Å². The molecule has 0 unspecified atom stereocenters. The lowest BCUT2D eigenvalue weighted by Gasteiger charge is -2.09. The van der Waals surface area contributed by atoms with Crippen molar-refractivity contribution >= 4 is 23.1 Å². The molecule has 1 heterocycles. The Balaban J connectivity index is 1.77. The topological polar surface area (TPSA) is 4.93 Å². The summed E-state index contributed by atoms with van der Waals surface area (Å²) in [6.07, 6.45) is 4.38. The molecule has 116 valence electrons. The molecule has 0 radical (unpaired) electrons. The summed E-state index contributed by atoms with van der Waals surface area (Å²) in [5, 5.41) is 1.28. The Labute approximate surface area is 142 Å². The average Bonchev–Trinajstić information content (AvgIpc) is 2.99. The largest absolute Gasteiger partial charge is 0.336 e. The van der Waals surface area contributed by atoms with Crippen LogP contribution in [0.15, 0.2) is 91.0 Å². The monoisotopic (exact) mass is 309 g/mol. The van der Waals surface area contributed by atoms with Gasteiger partial charge in [-0.3, -0.25) is 0 Å². The Kier molecular flexibility index (Phi) is 3.99. The second kappa shape index (κ2) is 6.59. The predicted molar refractivity (Wildman–Crippen MR) is 103 cm³/mol. The van der Waals surface area contributed by atoms with Crippen molar-refractivity contribution in [2.24, 2.45) is 0 Å². The van der Waals surface area contributed by atoms with E-state index >= 15 is 0 Å². The third-order valence-corrected chi connectivity index (χ3v) is 4.27. The Morgan fingerprint density at radius 1 is 0.667 bits per heavy atom. The summed E-state index contributed by atoms with van der Waals surface area (Å²) in [6.45, 7) is 0.878. The van der Waals surface area contributed by atoms with Crippen LogP contribution in [0.2, 0.25) is 0 Å². The molecular weight excluding hydrogens is 290 g/mol. The molecule has 0 aliphatic heterocycles. The fourth-order valence-electron chi connectivity index (χ4n) is 3.06. The maximum Gasteiger partial charge on any atom is 0.0488 e. The van der Waals surface area contributed by atoms with Crippen LogP contribution in [0.5, 0.6) is 0 Å². The second-order valence-electron chi connectivity index (χ2n) is 5.94. The first kappa shape index (κ1) is 14.5. The van der Waals surface area contributed by atoms with Crippen LogP contribution in [0.3, 0.4) is 0 Å². The SMILES string of the molecule is C(=Cc1cc2ccccc2n1Cc1ccccc1)c1ccccc1. The molecule has 1 nitrogen and oxygen atoms in total. The van der Waals surface area contributed by atoms with E-state index < -0.39 is 0 Å². The zero-order valence-electron chi connectivity index (χ0n) is 13.5. The number of hydrogen-bond acceptors (Lipinski definition) is 0. The summed E-state index contributed by atoms with van der Waals surface area (Å²) in [6, 6.07) is 31.9. The van der Waals surface area contributed by atoms with Gasteiger partial charge in [0.05, 0.1) is 0 Å². The molecule has 1 aromatic heterocycles. The molecule has 0 saturated heterocycles. The predicted octanol–water partition coefficient (Wildman–Crippen LogP) is 5.86. The van der Waals surface area contributed by atoms with Crippen LogP contribution in [0.25, 0.3) is 23.1 Å². The molecule has 0 bridgehead atoms. The smallest absolute Gasteiger partial charge is 0.0488 e. The van der Waals surface area contributed by atoms with Crippen molar-refractivity contribution in [2.75, 3.05) is 0 Å². The number of hydrogen-bond donors (Lipinski definition) is 0. The van der Waals surface area contributed by atoms with Gasteiger partial charge in [0.2, 0.25) is 0 Å². The van der Waals surface area contributed by atoms with Gasteiger partial charge in [-0.05, 0) is 29.3 Å². The highest BCUT2D eigenvalue weighted by atomic mass is 15.0. The first-order chi connectivity index (χ1) is 11.9. The number of rotatable bonds is 4. The molecule has 0 fully saturated rings. The van der Waals surface area contributed by atoms with Gasteiger partial charge in [-0.1, -0.05) is 84.9 Å². The van der Waals surface area contributed by atoms with E-state index in [0.717, 1.165) is 6.54 Å². The van der Waals surface area contributed by atoms with Crippen LogP contribution >= 0.6 is 0 Å². The van der Waals surface area contributed by atoms with Crippen molar-refractivity contribution in [1.82, 2.24) is 4.57 Å². The minimum absolute atomic E-state index is 0.878. The van der Waals surface area contributed by atoms with Gasteiger partial charge in [0.1, 0.15) is 0 Å². The number of nitrogens with zero attached hydrogens (tertiary/aromatic N) is 1. The summed E-state index contributed by atoms with van der Waals surface area (Å²) < 4.78 is 2.38. The van der Waals surface area contributed by atoms with E-state index in [4.69, 9.17) is 0 Å². The van der Waals surface area contributed by atoms with Gasteiger partial charge in [-0.15, -0.1) is 0 Å². The molecular formula is C23H19N. The maximum atomic E-state index is 2.38.